The molecule has 0 aromatic heterocycles. The Balaban J connectivity index is 2.60. The molecule has 0 unspecified atom stereocenters. The topological polar surface area (TPSA) is 40.5 Å². The summed E-state index contributed by atoms with van der Waals surface area (Å²) in [7, 11) is 0. The van der Waals surface area contributed by atoms with Gasteiger partial charge in [-0.2, -0.15) is 0 Å². The monoisotopic (exact) mass is 214 g/mol. The Morgan fingerprint density at radius 1 is 0.938 bits per heavy atom. The van der Waals surface area contributed by atoms with Gasteiger partial charge in [0.1, 0.15) is 0 Å². The normalized spacial score (nSPS) is 10.3. The van der Waals surface area contributed by atoms with E-state index in [4.69, 9.17) is 0 Å². The molecule has 0 aliphatic heterocycles. The minimum absolute atomic E-state index is 0.0588. The van der Waals surface area contributed by atoms with Crippen molar-refractivity contribution in [1.82, 2.24) is 0 Å². The van der Waals surface area contributed by atoms with Gasteiger partial charge in [-0.3, -0.25) is 0 Å². The highest BCUT2D eigenvalue weighted by atomic mass is 16.3. The van der Waals surface area contributed by atoms with Crippen LogP contribution in [0.5, 0.6) is 11.5 Å². The van der Waals surface area contributed by atoms with E-state index in [0.29, 0.717) is 0 Å². The van der Waals surface area contributed by atoms with Gasteiger partial charge < -0.3 is 10.2 Å². The third kappa shape index (κ3) is 1.87. The van der Waals surface area contributed by atoms with Crippen molar-refractivity contribution in [3.05, 3.63) is 48.0 Å². The van der Waals surface area contributed by atoms with Gasteiger partial charge in [-0.15, -0.1) is 0 Å². The lowest BCUT2D eigenvalue weighted by molar-refractivity contribution is 0.403. The second kappa shape index (κ2) is 4.27. The highest BCUT2D eigenvalue weighted by Crippen LogP contribution is 2.34. The fourth-order valence-corrected chi connectivity index (χ4v) is 1.80. The van der Waals surface area contributed by atoms with Crippen molar-refractivity contribution >= 4 is 0 Å². The third-order valence-electron chi connectivity index (χ3n) is 2.67. The first-order valence-corrected chi connectivity index (χ1v) is 5.32. The smallest absolute Gasteiger partial charge is 0.158 e. The molecule has 0 amide bonds. The van der Waals surface area contributed by atoms with Crippen LogP contribution >= 0.6 is 0 Å². The standard InChI is InChI=1S/C14H14O2/c1-2-10-8-13(15)14(16)9-12(10)11-6-4-3-5-7-11/h3-9,15-16H,2H2,1H3. The predicted octanol–water partition coefficient (Wildman–Crippen LogP) is 3.33. The largest absolute Gasteiger partial charge is 0.504 e. The van der Waals surface area contributed by atoms with Crippen LogP contribution in [0.2, 0.25) is 0 Å². The van der Waals surface area contributed by atoms with E-state index in [-0.39, 0.29) is 11.5 Å². The minimum Gasteiger partial charge on any atom is -0.504 e. The molecule has 0 atom stereocenters. The maximum absolute atomic E-state index is 9.53. The van der Waals surface area contributed by atoms with Crippen LogP contribution in [0.3, 0.4) is 0 Å². The Hall–Kier alpha value is -1.96. The number of aromatic hydroxyl groups is 2. The van der Waals surface area contributed by atoms with E-state index < -0.39 is 0 Å². The Labute approximate surface area is 94.8 Å². The van der Waals surface area contributed by atoms with Crippen LogP contribution in [0, 0.1) is 0 Å². The molecule has 0 fully saturated rings. The highest BCUT2D eigenvalue weighted by molar-refractivity contribution is 5.70. The Morgan fingerprint density at radius 2 is 1.56 bits per heavy atom. The number of phenols is 2. The van der Waals surface area contributed by atoms with Crippen molar-refractivity contribution in [2.45, 2.75) is 13.3 Å². The molecule has 2 N–H and O–H groups in total. The van der Waals surface area contributed by atoms with Gasteiger partial charge in [-0.25, -0.2) is 0 Å². The van der Waals surface area contributed by atoms with Crippen LogP contribution in [-0.4, -0.2) is 10.2 Å². The van der Waals surface area contributed by atoms with E-state index >= 15 is 0 Å². The molecule has 0 bridgehead atoms. The number of rotatable bonds is 2. The molecule has 0 saturated carbocycles. The van der Waals surface area contributed by atoms with Crippen LogP contribution in [0.1, 0.15) is 12.5 Å². The average Bonchev–Trinajstić information content (AvgIpc) is 2.33. The molecule has 0 saturated heterocycles. The van der Waals surface area contributed by atoms with Crippen LogP contribution < -0.4 is 0 Å². The second-order valence-electron chi connectivity index (χ2n) is 3.72. The summed E-state index contributed by atoms with van der Waals surface area (Å²) in [5, 5.41) is 19.0. The maximum atomic E-state index is 9.53. The second-order valence-corrected chi connectivity index (χ2v) is 3.72. The van der Waals surface area contributed by atoms with Crippen molar-refractivity contribution in [2.75, 3.05) is 0 Å². The predicted molar refractivity (Wildman–Crippen MR) is 64.6 cm³/mol. The number of benzene rings is 2. The summed E-state index contributed by atoms with van der Waals surface area (Å²) in [6.45, 7) is 2.03. The molecule has 2 aromatic carbocycles. The zero-order valence-corrected chi connectivity index (χ0v) is 9.14. The van der Waals surface area contributed by atoms with Crippen LogP contribution in [0.15, 0.2) is 42.5 Å². The average molecular weight is 214 g/mol. The molecular weight excluding hydrogens is 200 g/mol. The molecule has 0 radical (unpaired) electrons. The van der Waals surface area contributed by atoms with E-state index in [1.807, 2.05) is 37.3 Å². The lowest BCUT2D eigenvalue weighted by Crippen LogP contribution is -1.87. The fourth-order valence-electron chi connectivity index (χ4n) is 1.80. The highest BCUT2D eigenvalue weighted by Gasteiger charge is 2.08. The molecule has 0 aliphatic rings. The summed E-state index contributed by atoms with van der Waals surface area (Å²) in [5.41, 5.74) is 3.05. The van der Waals surface area contributed by atoms with E-state index in [0.717, 1.165) is 23.1 Å². The van der Waals surface area contributed by atoms with Gasteiger partial charge in [0, 0.05) is 0 Å². The number of hydrogen-bond acceptors (Lipinski definition) is 2. The van der Waals surface area contributed by atoms with Gasteiger partial charge in [0.2, 0.25) is 0 Å². The molecule has 2 rings (SSSR count). The molecule has 2 heteroatoms. The summed E-state index contributed by atoms with van der Waals surface area (Å²) in [4.78, 5) is 0. The summed E-state index contributed by atoms with van der Waals surface area (Å²) in [6.07, 6.45) is 0.818. The summed E-state index contributed by atoms with van der Waals surface area (Å²) >= 11 is 0. The number of phenolic OH excluding ortho intramolecular Hbond substituents is 2. The van der Waals surface area contributed by atoms with Crippen LogP contribution in [0.4, 0.5) is 0 Å². The van der Waals surface area contributed by atoms with Gasteiger partial charge in [0.25, 0.3) is 0 Å². The summed E-state index contributed by atoms with van der Waals surface area (Å²) in [5.74, 6) is -0.132. The van der Waals surface area contributed by atoms with Gasteiger partial charge in [-0.05, 0) is 35.2 Å². The van der Waals surface area contributed by atoms with Crippen LogP contribution in [0.25, 0.3) is 11.1 Å². The lowest BCUT2D eigenvalue weighted by Gasteiger charge is -2.10. The van der Waals surface area contributed by atoms with E-state index in [9.17, 15) is 10.2 Å². The molecule has 0 spiro atoms. The van der Waals surface area contributed by atoms with Crippen molar-refractivity contribution in [1.29, 1.82) is 0 Å². The van der Waals surface area contributed by atoms with Gasteiger partial charge >= 0.3 is 0 Å². The summed E-state index contributed by atoms with van der Waals surface area (Å²) in [6, 6.07) is 13.1. The third-order valence-corrected chi connectivity index (χ3v) is 2.67. The van der Waals surface area contributed by atoms with E-state index in [2.05, 4.69) is 0 Å². The maximum Gasteiger partial charge on any atom is 0.158 e. The van der Waals surface area contributed by atoms with Crippen molar-refractivity contribution in [3.63, 3.8) is 0 Å². The first-order valence-electron chi connectivity index (χ1n) is 5.32. The molecule has 2 aromatic rings. The Morgan fingerprint density at radius 3 is 2.19 bits per heavy atom. The molecule has 2 nitrogen and oxygen atoms in total. The minimum atomic E-state index is -0.0731. The van der Waals surface area contributed by atoms with E-state index in [1.165, 1.54) is 0 Å². The number of aryl methyl sites for hydroxylation is 1. The zero-order chi connectivity index (χ0) is 11.5. The molecular formula is C14H14O2. The molecule has 82 valence electrons. The molecule has 16 heavy (non-hydrogen) atoms. The quantitative estimate of drug-likeness (QED) is 0.753. The zero-order valence-electron chi connectivity index (χ0n) is 9.14. The molecule has 0 aliphatic carbocycles. The van der Waals surface area contributed by atoms with Gasteiger partial charge in [0.15, 0.2) is 11.5 Å². The first-order chi connectivity index (χ1) is 7.72. The number of hydrogen-bond donors (Lipinski definition) is 2. The SMILES string of the molecule is CCc1cc(O)c(O)cc1-c1ccccc1. The van der Waals surface area contributed by atoms with Gasteiger partial charge in [0.05, 0.1) is 0 Å². The Kier molecular flexibility index (Phi) is 2.82. The lowest BCUT2D eigenvalue weighted by atomic mass is 9.97. The van der Waals surface area contributed by atoms with E-state index in [1.54, 1.807) is 12.1 Å². The van der Waals surface area contributed by atoms with Crippen molar-refractivity contribution in [3.8, 4) is 22.6 Å². The van der Waals surface area contributed by atoms with Gasteiger partial charge in [-0.1, -0.05) is 37.3 Å². The first kappa shape index (κ1) is 10.6. The summed E-state index contributed by atoms with van der Waals surface area (Å²) < 4.78 is 0. The van der Waals surface area contributed by atoms with Crippen molar-refractivity contribution in [2.24, 2.45) is 0 Å². The van der Waals surface area contributed by atoms with Crippen LogP contribution in [-0.2, 0) is 6.42 Å². The van der Waals surface area contributed by atoms with Crippen molar-refractivity contribution < 1.29 is 10.2 Å². The molecule has 0 heterocycles. The fraction of sp³-hybridized carbons (Fsp3) is 0.143. The Bertz CT molecular complexity index is 490.